The van der Waals surface area contributed by atoms with Crippen molar-refractivity contribution in [3.8, 4) is 0 Å². The number of rotatable bonds is 15. The van der Waals surface area contributed by atoms with Crippen molar-refractivity contribution in [1.82, 2.24) is 0 Å². The van der Waals surface area contributed by atoms with Crippen LogP contribution in [-0.4, -0.2) is 73.8 Å². The molecule has 0 fully saturated rings. The van der Waals surface area contributed by atoms with Crippen molar-refractivity contribution in [1.29, 1.82) is 0 Å². The molecule has 330 valence electrons. The van der Waals surface area contributed by atoms with Gasteiger partial charge in [-0.15, -0.1) is 0 Å². The van der Waals surface area contributed by atoms with Gasteiger partial charge in [0, 0.05) is 68.9 Å². The van der Waals surface area contributed by atoms with Crippen LogP contribution in [0.15, 0.2) is 117 Å². The van der Waals surface area contributed by atoms with Gasteiger partial charge in [0.05, 0.1) is 42.6 Å². The lowest BCUT2D eigenvalue weighted by atomic mass is 9.79. The van der Waals surface area contributed by atoms with Crippen LogP contribution in [0.4, 0.5) is 11.4 Å². The number of hydrogen-bond donors (Lipinski definition) is 0. The van der Waals surface area contributed by atoms with Gasteiger partial charge < -0.3 is 23.8 Å². The lowest BCUT2D eigenvalue weighted by Crippen LogP contribution is -2.28. The number of anilines is 1. The van der Waals surface area contributed by atoms with Crippen LogP contribution in [0, 0.1) is 0 Å². The molecule has 0 unspecified atom stereocenters. The largest absolute Gasteiger partial charge is 0.748 e. The van der Waals surface area contributed by atoms with E-state index in [2.05, 4.69) is 23.2 Å². The van der Waals surface area contributed by atoms with E-state index in [1.54, 1.807) is 24.3 Å². The third-order valence-electron chi connectivity index (χ3n) is 11.7. The summed E-state index contributed by atoms with van der Waals surface area (Å²) in [5.74, 6) is -1.08. The second kappa shape index (κ2) is 17.2. The number of allylic oxidation sites excluding steroid dienone is 8. The fourth-order valence-corrected chi connectivity index (χ4v) is 11.2. The zero-order valence-electron chi connectivity index (χ0n) is 34.0. The fourth-order valence-electron chi connectivity index (χ4n) is 9.05. The predicted octanol–water partition coefficient (Wildman–Crippen LogP) is 6.83. The third kappa shape index (κ3) is 9.32. The van der Waals surface area contributed by atoms with Gasteiger partial charge in [0.25, 0.3) is 0 Å². The highest BCUT2D eigenvalue weighted by molar-refractivity contribution is 7.94. The van der Waals surface area contributed by atoms with Gasteiger partial charge in [-0.2, -0.15) is 8.91 Å². The normalized spacial score (nSPS) is 19.0. The van der Waals surface area contributed by atoms with Crippen molar-refractivity contribution in [3.05, 3.63) is 118 Å². The van der Waals surface area contributed by atoms with Gasteiger partial charge >= 0.3 is 0 Å². The van der Waals surface area contributed by atoms with Gasteiger partial charge in [-0.05, 0) is 114 Å². The summed E-state index contributed by atoms with van der Waals surface area (Å²) >= 11 is 7.90. The molecule has 0 spiro atoms. The van der Waals surface area contributed by atoms with E-state index in [4.69, 9.17) is 11.6 Å². The van der Waals surface area contributed by atoms with E-state index in [0.717, 1.165) is 73.3 Å². The average Bonchev–Trinajstić information content (AvgIpc) is 3.72. The monoisotopic (exact) mass is 941 g/mol. The van der Waals surface area contributed by atoms with Crippen LogP contribution < -0.4 is 10.2 Å². The minimum atomic E-state index is -4.70. The first-order chi connectivity index (χ1) is 29.0. The highest BCUT2D eigenvalue weighted by Crippen LogP contribution is 2.52. The quantitative estimate of drug-likeness (QED) is 0.0393. The molecule has 1 aliphatic carbocycles. The summed E-state index contributed by atoms with van der Waals surface area (Å²) in [5.41, 5.74) is 5.57. The van der Waals surface area contributed by atoms with Crippen LogP contribution in [0.1, 0.15) is 64.5 Å². The standard InChI is InChI=1S/C43H45ClN2O12S4/c1-42(2)37(45(21-5-23-60(48,49)50)35-17-9-29-25-31(59-58-57-47)13-15-33(29)39(35)42)19-11-27-7-8-28(41(27)44)12-20-38-43(3,4)40-34-16-14-32(62(54,55)56)26-30(34)10-18-36(40)46(38)22-6-24-61(51,52)53/h9-20,25-26H,5-8,21-24H2,1-4H3,(H3-,47,48,49,50,51,52,53,54,55,56)/p-3. The molecular formula is C43H42ClN2O12S4-3. The molecule has 0 saturated carbocycles. The lowest BCUT2D eigenvalue weighted by Gasteiger charge is -2.27. The molecule has 2 aliphatic heterocycles. The summed E-state index contributed by atoms with van der Waals surface area (Å²) < 4.78 is 112. The first kappa shape index (κ1) is 46.1. The van der Waals surface area contributed by atoms with Crippen LogP contribution in [0.25, 0.3) is 21.5 Å². The molecule has 0 N–H and O–H groups in total. The Morgan fingerprint density at radius 1 is 0.790 bits per heavy atom. The predicted molar refractivity (Wildman–Crippen MR) is 233 cm³/mol. The first-order valence-corrected chi connectivity index (χ1v) is 25.2. The maximum atomic E-state index is 11.8. The molecule has 0 atom stereocenters. The van der Waals surface area contributed by atoms with Gasteiger partial charge in [-0.1, -0.05) is 55.8 Å². The molecule has 19 heteroatoms. The summed E-state index contributed by atoms with van der Waals surface area (Å²) in [4.78, 5) is 2.34. The fraction of sp³-hybridized carbons (Fsp3) is 0.326. The molecule has 7 rings (SSSR count). The summed E-state index contributed by atoms with van der Waals surface area (Å²) in [6.07, 6.45) is 9.19. The first-order valence-electron chi connectivity index (χ1n) is 19.5. The van der Waals surface area contributed by atoms with E-state index in [1.165, 1.54) is 12.1 Å². The van der Waals surface area contributed by atoms with Crippen LogP contribution in [0.2, 0.25) is 0 Å². The Hall–Kier alpha value is -3.92. The van der Waals surface area contributed by atoms with Crippen molar-refractivity contribution < 1.29 is 58.1 Å². The Bertz CT molecular complexity index is 3010. The Morgan fingerprint density at radius 2 is 1.45 bits per heavy atom. The Balaban J connectivity index is 1.25. The van der Waals surface area contributed by atoms with E-state index < -0.39 is 52.7 Å². The van der Waals surface area contributed by atoms with Crippen LogP contribution in [-0.2, 0) is 50.6 Å². The van der Waals surface area contributed by atoms with Crippen molar-refractivity contribution in [2.75, 3.05) is 29.5 Å². The van der Waals surface area contributed by atoms with Crippen molar-refractivity contribution in [2.24, 2.45) is 0 Å². The SMILES string of the molecule is CC1(C)C(=CC=C2CCC(C=CC3=[N+](CCCS(=O)(=O)[O-])c4ccc5cc(S(=O)(=O)[O-])ccc5c4C3(C)C)=C2Cl)N(CCCS(=O)(=O)[O-])c2ccc3cc(SOO[O-])ccc3c21. The molecule has 0 amide bonds. The highest BCUT2D eigenvalue weighted by atomic mass is 35.5. The zero-order chi connectivity index (χ0) is 45.0. The smallest absolute Gasteiger partial charge is 0.210 e. The average molecular weight is 943 g/mol. The van der Waals surface area contributed by atoms with Crippen LogP contribution >= 0.6 is 23.6 Å². The Labute approximate surface area is 370 Å². The van der Waals surface area contributed by atoms with Gasteiger partial charge in [0.1, 0.15) is 16.7 Å². The number of benzene rings is 4. The molecule has 2 heterocycles. The molecular weight excluding hydrogens is 900 g/mol. The molecule has 14 nitrogen and oxygen atoms in total. The molecule has 0 saturated heterocycles. The molecule has 62 heavy (non-hydrogen) atoms. The Kier molecular flexibility index (Phi) is 12.8. The molecule has 3 aliphatic rings. The molecule has 4 aromatic carbocycles. The topological polar surface area (TPSA) is 219 Å². The molecule has 0 radical (unpaired) electrons. The van der Waals surface area contributed by atoms with Crippen molar-refractivity contribution >= 4 is 92.6 Å². The number of nitrogens with zero attached hydrogens (tertiary/aromatic N) is 2. The third-order valence-corrected chi connectivity index (χ3v) is 15.2. The minimum Gasteiger partial charge on any atom is -0.748 e. The van der Waals surface area contributed by atoms with E-state index in [-0.39, 0.29) is 30.8 Å². The molecule has 0 aromatic heterocycles. The zero-order valence-corrected chi connectivity index (χ0v) is 38.1. The highest BCUT2D eigenvalue weighted by Gasteiger charge is 2.46. The molecule has 4 aromatic rings. The second-order valence-electron chi connectivity index (χ2n) is 16.4. The number of hydrogen-bond acceptors (Lipinski definition) is 14. The van der Waals surface area contributed by atoms with E-state index in [0.29, 0.717) is 28.2 Å². The summed E-state index contributed by atoms with van der Waals surface area (Å²) in [5, 5.41) is 17.6. The summed E-state index contributed by atoms with van der Waals surface area (Å²) in [7, 11) is -13.6. The van der Waals surface area contributed by atoms with E-state index >= 15 is 0 Å². The van der Waals surface area contributed by atoms with Gasteiger partial charge in [0.15, 0.2) is 5.71 Å². The maximum Gasteiger partial charge on any atom is 0.210 e. The maximum absolute atomic E-state index is 11.8. The van der Waals surface area contributed by atoms with Gasteiger partial charge in [-0.3, -0.25) is 5.04 Å². The van der Waals surface area contributed by atoms with Crippen molar-refractivity contribution in [2.45, 2.75) is 74.0 Å². The number of halogens is 1. The summed E-state index contributed by atoms with van der Waals surface area (Å²) in [6, 6.07) is 17.2. The van der Waals surface area contributed by atoms with Crippen LogP contribution in [0.5, 0.6) is 0 Å². The molecule has 0 bridgehead atoms. The lowest BCUT2D eigenvalue weighted by molar-refractivity contribution is -0.777. The number of fused-ring (bicyclic) bond motifs is 6. The minimum absolute atomic E-state index is 0.0574. The van der Waals surface area contributed by atoms with Gasteiger partial charge in [-0.25, -0.2) is 25.3 Å². The van der Waals surface area contributed by atoms with Crippen molar-refractivity contribution in [3.63, 3.8) is 0 Å². The Morgan fingerprint density at radius 3 is 2.15 bits per heavy atom. The second-order valence-corrected chi connectivity index (χ2v) is 22.0. The van der Waals surface area contributed by atoms with E-state index in [9.17, 15) is 44.2 Å². The summed E-state index contributed by atoms with van der Waals surface area (Å²) in [6.45, 7) is 8.60. The van der Waals surface area contributed by atoms with Gasteiger partial charge in [0.2, 0.25) is 5.69 Å². The van der Waals surface area contributed by atoms with Crippen LogP contribution in [0.3, 0.4) is 0 Å². The van der Waals surface area contributed by atoms with E-state index in [1.807, 2.05) is 71.9 Å².